The lowest BCUT2D eigenvalue weighted by Gasteiger charge is -2.40. The predicted octanol–water partition coefficient (Wildman–Crippen LogP) is 17.5. The Morgan fingerprint density at radius 2 is 0.787 bits per heavy atom. The van der Waals surface area contributed by atoms with Gasteiger partial charge in [0.25, 0.3) is 0 Å². The third kappa shape index (κ3) is 47.1. The van der Waals surface area contributed by atoms with E-state index in [1.807, 2.05) is 6.08 Å². The first-order valence-electron chi connectivity index (χ1n) is 32.8. The molecule has 7 unspecified atom stereocenters. The molecule has 7 atom stereocenters. The molecule has 0 aromatic heterocycles. The summed E-state index contributed by atoms with van der Waals surface area (Å²) in [5, 5.41) is 54.6. The van der Waals surface area contributed by atoms with Crippen molar-refractivity contribution in [1.29, 1.82) is 0 Å². The Labute approximate surface area is 490 Å². The molecule has 1 rings (SSSR count). The van der Waals surface area contributed by atoms with Gasteiger partial charge in [0.15, 0.2) is 6.29 Å². The van der Waals surface area contributed by atoms with Gasteiger partial charge in [-0.05, 0) is 96.3 Å². The lowest BCUT2D eigenvalue weighted by molar-refractivity contribution is -0.302. The fourth-order valence-corrected chi connectivity index (χ4v) is 9.66. The van der Waals surface area contributed by atoms with Gasteiger partial charge in [-0.2, -0.15) is 0 Å². The van der Waals surface area contributed by atoms with Crippen LogP contribution in [0.1, 0.15) is 264 Å². The molecule has 0 aromatic rings. The maximum atomic E-state index is 13.1. The van der Waals surface area contributed by atoms with Gasteiger partial charge in [-0.25, -0.2) is 0 Å². The van der Waals surface area contributed by atoms with Crippen molar-refractivity contribution in [3.63, 3.8) is 0 Å². The van der Waals surface area contributed by atoms with Crippen LogP contribution in [0.15, 0.2) is 122 Å². The molecule has 0 spiro atoms. The molecule has 458 valence electrons. The Morgan fingerprint density at radius 3 is 1.20 bits per heavy atom. The Kier molecular flexibility index (Phi) is 54.8. The van der Waals surface area contributed by atoms with Gasteiger partial charge in [0.05, 0.1) is 25.4 Å². The average molecular weight is 1120 g/mol. The van der Waals surface area contributed by atoms with Crippen LogP contribution >= 0.6 is 0 Å². The summed E-state index contributed by atoms with van der Waals surface area (Å²) in [7, 11) is 0. The molecule has 0 aliphatic carbocycles. The summed E-state index contributed by atoms with van der Waals surface area (Å²) in [6, 6.07) is -0.847. The van der Waals surface area contributed by atoms with E-state index in [2.05, 4.69) is 129 Å². The highest BCUT2D eigenvalue weighted by molar-refractivity contribution is 5.76. The highest BCUT2D eigenvalue weighted by atomic mass is 16.7. The van der Waals surface area contributed by atoms with Crippen molar-refractivity contribution in [3.05, 3.63) is 122 Å². The number of unbranched alkanes of at least 4 members (excludes halogenated alkanes) is 27. The molecule has 0 radical (unpaired) electrons. The Balaban J connectivity index is 2.24. The van der Waals surface area contributed by atoms with E-state index < -0.39 is 49.5 Å². The monoisotopic (exact) mass is 1120 g/mol. The molecule has 0 bridgehead atoms. The van der Waals surface area contributed by atoms with Crippen LogP contribution < -0.4 is 5.32 Å². The van der Waals surface area contributed by atoms with Gasteiger partial charge in [-0.1, -0.05) is 283 Å². The molecule has 0 saturated carbocycles. The van der Waals surface area contributed by atoms with E-state index in [-0.39, 0.29) is 12.5 Å². The number of allylic oxidation sites excluding steroid dienone is 19. The SMILES string of the molecule is CC/C=C\C/C=C\C/C=C\C/C=C\C/C=C\C/C=C\C/C=C\C/C=C\CCCCCCC(=O)NC(COC1OC(CO)C(O)C(O)C1O)C(O)/C=C/CC/C=C/CCCCCCCCCCCCCCCCCCCCCCCC. The van der Waals surface area contributed by atoms with E-state index in [0.29, 0.717) is 12.8 Å². The minimum Gasteiger partial charge on any atom is -0.394 e. The van der Waals surface area contributed by atoms with E-state index in [1.165, 1.54) is 141 Å². The molecule has 1 heterocycles. The van der Waals surface area contributed by atoms with E-state index in [4.69, 9.17) is 9.47 Å². The first kappa shape index (κ1) is 74.6. The van der Waals surface area contributed by atoms with Gasteiger partial charge in [0.2, 0.25) is 5.91 Å². The first-order chi connectivity index (χ1) is 39.3. The number of ether oxygens (including phenoxy) is 2. The quantitative estimate of drug-likeness (QED) is 0.0261. The van der Waals surface area contributed by atoms with Crippen LogP contribution in [0.3, 0.4) is 0 Å². The number of carbonyl (C=O) groups excluding carboxylic acids is 1. The van der Waals surface area contributed by atoms with E-state index in [9.17, 15) is 30.3 Å². The molecular formula is C71H121NO8. The molecule has 1 amide bonds. The number of amides is 1. The molecule has 1 fully saturated rings. The zero-order valence-electron chi connectivity index (χ0n) is 51.0. The largest absolute Gasteiger partial charge is 0.394 e. The van der Waals surface area contributed by atoms with Crippen molar-refractivity contribution >= 4 is 5.91 Å². The molecule has 1 aliphatic heterocycles. The van der Waals surface area contributed by atoms with Gasteiger partial charge in [-0.15, -0.1) is 0 Å². The predicted molar refractivity (Wildman–Crippen MR) is 340 cm³/mol. The number of nitrogens with one attached hydrogen (secondary N) is 1. The molecular weight excluding hydrogens is 995 g/mol. The van der Waals surface area contributed by atoms with Crippen molar-refractivity contribution in [2.75, 3.05) is 13.2 Å². The van der Waals surface area contributed by atoms with E-state index in [1.54, 1.807) is 6.08 Å². The van der Waals surface area contributed by atoms with Crippen molar-refractivity contribution < 1.29 is 39.8 Å². The summed E-state index contributed by atoms with van der Waals surface area (Å²) < 4.78 is 11.3. The minimum atomic E-state index is -1.59. The first-order valence-corrected chi connectivity index (χ1v) is 32.8. The highest BCUT2D eigenvalue weighted by Crippen LogP contribution is 2.23. The van der Waals surface area contributed by atoms with E-state index in [0.717, 1.165) is 96.3 Å². The number of aliphatic hydroxyl groups excluding tert-OH is 5. The summed E-state index contributed by atoms with van der Waals surface area (Å²) >= 11 is 0. The zero-order chi connectivity index (χ0) is 57.9. The molecule has 6 N–H and O–H groups in total. The van der Waals surface area contributed by atoms with Crippen LogP contribution in [0.5, 0.6) is 0 Å². The summed E-state index contributed by atoms with van der Waals surface area (Å²) in [6.45, 7) is 3.65. The minimum absolute atomic E-state index is 0.214. The maximum Gasteiger partial charge on any atom is 0.220 e. The fraction of sp³-hybridized carbons (Fsp3) is 0.704. The molecule has 1 saturated heterocycles. The molecule has 80 heavy (non-hydrogen) atoms. The van der Waals surface area contributed by atoms with Crippen LogP contribution in [0.4, 0.5) is 0 Å². The number of hydrogen-bond donors (Lipinski definition) is 6. The second-order valence-corrected chi connectivity index (χ2v) is 22.2. The van der Waals surface area contributed by atoms with Gasteiger partial charge >= 0.3 is 0 Å². The molecule has 9 heteroatoms. The van der Waals surface area contributed by atoms with Crippen molar-refractivity contribution in [1.82, 2.24) is 5.32 Å². The third-order valence-electron chi connectivity index (χ3n) is 14.8. The average Bonchev–Trinajstić information content (AvgIpc) is 3.46. The summed E-state index contributed by atoms with van der Waals surface area (Å²) in [6.07, 6.45) is 81.4. The second-order valence-electron chi connectivity index (χ2n) is 22.2. The number of aliphatic hydroxyl groups is 5. The van der Waals surface area contributed by atoms with Crippen LogP contribution in [0.25, 0.3) is 0 Å². The smallest absolute Gasteiger partial charge is 0.220 e. The van der Waals surface area contributed by atoms with Crippen LogP contribution in [0.2, 0.25) is 0 Å². The van der Waals surface area contributed by atoms with E-state index >= 15 is 0 Å². The standard InChI is InChI=1S/C71H121NO8/c1-3-5-7-9-11-13-15-17-19-21-23-25-27-29-31-33-35-37-39-41-43-45-47-49-51-53-55-57-59-61-67(75)72-64(63-79-71-70(78)69(77)68(76)66(62-73)80-71)65(74)60-58-56-54-52-50-48-46-44-42-40-38-36-34-32-30-28-26-24-22-20-18-16-14-12-10-8-6-4-2/h5,7,11,13,17,19,23,25,29,31,35,37,41,43,47,49-50,52,58,60,64-66,68-71,73-74,76-78H,3-4,6,8-10,12,14-16,18,20-22,24,26-28,30,32-34,36,38-40,42,44-46,48,51,53-57,59,61-63H2,1-2H3,(H,72,75)/b7-5-,13-11-,19-17-,25-23-,31-29-,37-35-,43-41-,49-47-,52-50+,60-58+. The Hall–Kier alpha value is -3.41. The summed E-state index contributed by atoms with van der Waals surface area (Å²) in [4.78, 5) is 13.1. The highest BCUT2D eigenvalue weighted by Gasteiger charge is 2.44. The van der Waals surface area contributed by atoms with Gasteiger partial charge < -0.3 is 40.3 Å². The van der Waals surface area contributed by atoms with Crippen LogP contribution in [-0.2, 0) is 14.3 Å². The molecule has 1 aliphatic rings. The van der Waals surface area contributed by atoms with Crippen molar-refractivity contribution in [2.45, 2.75) is 307 Å². The van der Waals surface area contributed by atoms with Gasteiger partial charge in [0.1, 0.15) is 24.4 Å². The van der Waals surface area contributed by atoms with Crippen LogP contribution in [-0.4, -0.2) is 87.5 Å². The van der Waals surface area contributed by atoms with Crippen molar-refractivity contribution in [3.8, 4) is 0 Å². The second kappa shape index (κ2) is 58.8. The molecule has 9 nitrogen and oxygen atoms in total. The third-order valence-corrected chi connectivity index (χ3v) is 14.8. The number of rotatable bonds is 55. The Morgan fingerprint density at radius 1 is 0.438 bits per heavy atom. The lowest BCUT2D eigenvalue weighted by Crippen LogP contribution is -2.60. The maximum absolute atomic E-state index is 13.1. The summed E-state index contributed by atoms with van der Waals surface area (Å²) in [5.74, 6) is -0.214. The lowest BCUT2D eigenvalue weighted by atomic mass is 9.99. The topological polar surface area (TPSA) is 149 Å². The molecule has 0 aromatic carbocycles. The Bertz CT molecular complexity index is 1670. The number of carbonyl (C=O) groups is 1. The summed E-state index contributed by atoms with van der Waals surface area (Å²) in [5.41, 5.74) is 0. The van der Waals surface area contributed by atoms with Crippen LogP contribution in [0, 0.1) is 0 Å². The van der Waals surface area contributed by atoms with Crippen molar-refractivity contribution in [2.24, 2.45) is 0 Å². The normalized spacial score (nSPS) is 19.3. The number of hydrogen-bond acceptors (Lipinski definition) is 8. The van der Waals surface area contributed by atoms with Gasteiger partial charge in [0, 0.05) is 6.42 Å². The van der Waals surface area contributed by atoms with Gasteiger partial charge in [-0.3, -0.25) is 4.79 Å². The zero-order valence-corrected chi connectivity index (χ0v) is 51.0. The fourth-order valence-electron chi connectivity index (χ4n) is 9.66.